The first-order valence-corrected chi connectivity index (χ1v) is 7.65. The molecule has 0 unspecified atom stereocenters. The van der Waals surface area contributed by atoms with Gasteiger partial charge in [-0.2, -0.15) is 5.10 Å². The lowest BCUT2D eigenvalue weighted by atomic mass is 10.1. The third-order valence-corrected chi connectivity index (χ3v) is 3.99. The van der Waals surface area contributed by atoms with Crippen molar-refractivity contribution in [3.8, 4) is 5.75 Å². The molecule has 1 N–H and O–H groups in total. The van der Waals surface area contributed by atoms with Crippen molar-refractivity contribution in [2.75, 3.05) is 13.2 Å². The van der Waals surface area contributed by atoms with E-state index in [1.54, 1.807) is 41.7 Å². The first-order chi connectivity index (χ1) is 11.7. The molecule has 4 rings (SSSR count). The Morgan fingerprint density at radius 1 is 1.42 bits per heavy atom. The lowest BCUT2D eigenvalue weighted by Crippen LogP contribution is -2.45. The molecule has 4 heterocycles. The first-order valence-electron chi connectivity index (χ1n) is 7.65. The minimum absolute atomic E-state index is 0.158. The fraction of sp³-hybridized carbons (Fsp3) is 0.312. The number of nitrogens with one attached hydrogen (secondary N) is 1. The molecule has 1 amide bonds. The summed E-state index contributed by atoms with van der Waals surface area (Å²) >= 11 is 0. The zero-order valence-electron chi connectivity index (χ0n) is 13.1. The SMILES string of the molecule is Cn1cc(O[C@@H]2COC[C@@H]2NC(=O)c2ccn3cncc3c2)cn1. The molecule has 0 aromatic carbocycles. The van der Waals surface area contributed by atoms with Gasteiger partial charge in [0, 0.05) is 18.8 Å². The van der Waals surface area contributed by atoms with E-state index in [0.29, 0.717) is 24.5 Å². The van der Waals surface area contributed by atoms with Gasteiger partial charge in [-0.25, -0.2) is 4.98 Å². The number of nitrogens with zero attached hydrogens (tertiary/aromatic N) is 4. The summed E-state index contributed by atoms with van der Waals surface area (Å²) in [5.41, 5.74) is 1.45. The number of aryl methyl sites for hydroxylation is 1. The van der Waals surface area contributed by atoms with Crippen molar-refractivity contribution in [3.63, 3.8) is 0 Å². The monoisotopic (exact) mass is 327 g/mol. The Bertz CT molecular complexity index is 871. The zero-order chi connectivity index (χ0) is 16.5. The average molecular weight is 327 g/mol. The summed E-state index contributed by atoms with van der Waals surface area (Å²) in [6, 6.07) is 3.35. The van der Waals surface area contributed by atoms with Crippen LogP contribution in [0.1, 0.15) is 10.4 Å². The number of amides is 1. The molecular formula is C16H17N5O3. The number of aromatic nitrogens is 4. The van der Waals surface area contributed by atoms with Gasteiger partial charge in [0.1, 0.15) is 6.10 Å². The van der Waals surface area contributed by atoms with Crippen LogP contribution in [0.25, 0.3) is 5.52 Å². The van der Waals surface area contributed by atoms with E-state index in [1.165, 1.54) is 0 Å². The number of rotatable bonds is 4. The first kappa shape index (κ1) is 14.7. The molecule has 1 aliphatic heterocycles. The number of carbonyl (C=O) groups is 1. The fourth-order valence-electron chi connectivity index (χ4n) is 2.73. The molecule has 8 nitrogen and oxygen atoms in total. The Morgan fingerprint density at radius 3 is 3.17 bits per heavy atom. The van der Waals surface area contributed by atoms with E-state index < -0.39 is 0 Å². The maximum atomic E-state index is 12.5. The zero-order valence-corrected chi connectivity index (χ0v) is 13.1. The van der Waals surface area contributed by atoms with E-state index in [9.17, 15) is 4.79 Å². The average Bonchev–Trinajstić information content (AvgIpc) is 3.29. The third-order valence-electron chi connectivity index (χ3n) is 3.99. The number of pyridine rings is 1. The van der Waals surface area contributed by atoms with Crippen LogP contribution < -0.4 is 10.1 Å². The lowest BCUT2D eigenvalue weighted by molar-refractivity contribution is 0.0904. The van der Waals surface area contributed by atoms with Gasteiger partial charge in [-0.1, -0.05) is 0 Å². The fourth-order valence-corrected chi connectivity index (χ4v) is 2.73. The smallest absolute Gasteiger partial charge is 0.251 e. The van der Waals surface area contributed by atoms with Crippen LogP contribution in [-0.2, 0) is 11.8 Å². The van der Waals surface area contributed by atoms with E-state index in [1.807, 2.05) is 17.6 Å². The van der Waals surface area contributed by atoms with E-state index in [0.717, 1.165) is 5.52 Å². The number of fused-ring (bicyclic) bond motifs is 1. The van der Waals surface area contributed by atoms with Crippen LogP contribution in [0.15, 0.2) is 43.2 Å². The second kappa shape index (κ2) is 5.97. The molecule has 0 aliphatic carbocycles. The van der Waals surface area contributed by atoms with Crippen LogP contribution in [-0.4, -0.2) is 50.4 Å². The molecule has 0 saturated carbocycles. The van der Waals surface area contributed by atoms with Crippen LogP contribution in [0.5, 0.6) is 5.75 Å². The highest BCUT2D eigenvalue weighted by atomic mass is 16.5. The second-order valence-electron chi connectivity index (χ2n) is 5.76. The van der Waals surface area contributed by atoms with Crippen molar-refractivity contribution in [1.29, 1.82) is 0 Å². The molecule has 3 aromatic rings. The highest BCUT2D eigenvalue weighted by Crippen LogP contribution is 2.17. The Morgan fingerprint density at radius 2 is 2.33 bits per heavy atom. The Kier molecular flexibility index (Phi) is 3.66. The second-order valence-corrected chi connectivity index (χ2v) is 5.76. The number of imidazole rings is 1. The topological polar surface area (TPSA) is 82.7 Å². The van der Waals surface area contributed by atoms with Gasteiger partial charge in [0.15, 0.2) is 5.75 Å². The maximum absolute atomic E-state index is 12.5. The summed E-state index contributed by atoms with van der Waals surface area (Å²) in [7, 11) is 1.82. The van der Waals surface area contributed by atoms with E-state index in [2.05, 4.69) is 15.4 Å². The number of hydrogen-bond acceptors (Lipinski definition) is 5. The van der Waals surface area contributed by atoms with Crippen LogP contribution in [0, 0.1) is 0 Å². The number of ether oxygens (including phenoxy) is 2. The summed E-state index contributed by atoms with van der Waals surface area (Å²) in [6.45, 7) is 0.854. The Balaban J connectivity index is 1.45. The molecule has 24 heavy (non-hydrogen) atoms. The molecule has 1 aliphatic rings. The van der Waals surface area contributed by atoms with E-state index >= 15 is 0 Å². The van der Waals surface area contributed by atoms with Crippen molar-refractivity contribution >= 4 is 11.4 Å². The molecule has 0 bridgehead atoms. The van der Waals surface area contributed by atoms with Crippen LogP contribution in [0.4, 0.5) is 0 Å². The molecule has 124 valence electrons. The van der Waals surface area contributed by atoms with E-state index in [-0.39, 0.29) is 18.1 Å². The molecule has 1 saturated heterocycles. The predicted molar refractivity (Wildman–Crippen MR) is 84.9 cm³/mol. The van der Waals surface area contributed by atoms with Gasteiger partial charge in [0.05, 0.1) is 49.7 Å². The summed E-state index contributed by atoms with van der Waals surface area (Å²) < 4.78 is 14.8. The van der Waals surface area contributed by atoms with Crippen LogP contribution in [0.2, 0.25) is 0 Å². The van der Waals surface area contributed by atoms with Crippen molar-refractivity contribution < 1.29 is 14.3 Å². The van der Waals surface area contributed by atoms with Crippen molar-refractivity contribution in [2.45, 2.75) is 12.1 Å². The van der Waals surface area contributed by atoms with Crippen molar-refractivity contribution in [1.82, 2.24) is 24.5 Å². The number of carbonyl (C=O) groups excluding carboxylic acids is 1. The Labute approximate surface area is 138 Å². The third kappa shape index (κ3) is 2.83. The van der Waals surface area contributed by atoms with Gasteiger partial charge >= 0.3 is 0 Å². The molecule has 0 spiro atoms. The highest BCUT2D eigenvalue weighted by Gasteiger charge is 2.32. The standard InChI is InChI=1S/C16H17N5O3/c1-20-7-13(6-18-20)24-15-9-23-8-14(15)19-16(22)11-2-3-21-10-17-5-12(21)4-11/h2-7,10,14-15H,8-9H2,1H3,(H,19,22)/t14-,15+/m0/s1. The summed E-state index contributed by atoms with van der Waals surface area (Å²) in [4.78, 5) is 16.5. The molecule has 1 fully saturated rings. The van der Waals surface area contributed by atoms with E-state index in [4.69, 9.17) is 9.47 Å². The molecule has 8 heteroatoms. The largest absolute Gasteiger partial charge is 0.482 e. The highest BCUT2D eigenvalue weighted by molar-refractivity contribution is 5.95. The minimum atomic E-state index is -0.239. The van der Waals surface area contributed by atoms with Gasteiger partial charge in [-0.15, -0.1) is 0 Å². The molecule has 0 radical (unpaired) electrons. The van der Waals surface area contributed by atoms with Gasteiger partial charge in [0.2, 0.25) is 0 Å². The minimum Gasteiger partial charge on any atom is -0.482 e. The molecule has 2 atom stereocenters. The van der Waals surface area contributed by atoms with Crippen LogP contribution >= 0.6 is 0 Å². The van der Waals surface area contributed by atoms with Gasteiger partial charge < -0.3 is 19.2 Å². The van der Waals surface area contributed by atoms with Crippen LogP contribution in [0.3, 0.4) is 0 Å². The quantitative estimate of drug-likeness (QED) is 0.760. The van der Waals surface area contributed by atoms with Gasteiger partial charge in [-0.3, -0.25) is 9.48 Å². The maximum Gasteiger partial charge on any atom is 0.251 e. The summed E-state index contributed by atoms with van der Waals surface area (Å²) in [5.74, 6) is 0.502. The van der Waals surface area contributed by atoms with Gasteiger partial charge in [-0.05, 0) is 12.1 Å². The van der Waals surface area contributed by atoms with Crippen molar-refractivity contribution in [2.24, 2.45) is 7.05 Å². The predicted octanol–water partition coefficient (Wildman–Crippen LogP) is 0.644. The summed E-state index contributed by atoms with van der Waals surface area (Å²) in [5, 5.41) is 7.05. The molecule has 3 aromatic heterocycles. The molecular weight excluding hydrogens is 310 g/mol. The van der Waals surface area contributed by atoms with Gasteiger partial charge in [0.25, 0.3) is 5.91 Å². The Hall–Kier alpha value is -2.87. The van der Waals surface area contributed by atoms with Crippen molar-refractivity contribution in [3.05, 3.63) is 48.8 Å². The normalized spacial score (nSPS) is 20.4. The lowest BCUT2D eigenvalue weighted by Gasteiger charge is -2.19. The summed E-state index contributed by atoms with van der Waals surface area (Å²) in [6.07, 6.45) is 8.40. The number of hydrogen-bond donors (Lipinski definition) is 1.